The molecule has 62 heavy (non-hydrogen) atoms. The van der Waals surface area contributed by atoms with Gasteiger partial charge in [-0.25, -0.2) is 15.0 Å². The molecule has 4 heterocycles. The molecule has 0 bridgehead atoms. The molecule has 6 nitrogen and oxygen atoms in total. The Hall–Kier alpha value is -8.09. The summed E-state index contributed by atoms with van der Waals surface area (Å²) in [6.45, 7) is 2.29. The Balaban J connectivity index is 1.12. The molecule has 0 amide bonds. The van der Waals surface area contributed by atoms with Crippen molar-refractivity contribution in [1.82, 2.24) is 19.5 Å². The van der Waals surface area contributed by atoms with Crippen molar-refractivity contribution in [1.29, 1.82) is 0 Å². The summed E-state index contributed by atoms with van der Waals surface area (Å²) in [6.07, 6.45) is 4.48. The first-order chi connectivity index (χ1) is 30.6. The molecular formula is C56H36N4O2. The van der Waals surface area contributed by atoms with E-state index in [9.17, 15) is 0 Å². The molecule has 0 saturated heterocycles. The number of hydrogen-bond acceptors (Lipinski definition) is 5. The molecule has 0 radical (unpaired) electrons. The molecule has 1 aliphatic rings. The molecule has 0 aliphatic heterocycles. The number of hydrogen-bond donors (Lipinski definition) is 0. The van der Waals surface area contributed by atoms with E-state index in [0.717, 1.165) is 77.5 Å². The molecule has 0 spiro atoms. The van der Waals surface area contributed by atoms with E-state index in [0.29, 0.717) is 17.5 Å². The minimum absolute atomic E-state index is 0.409. The van der Waals surface area contributed by atoms with Gasteiger partial charge in [-0.3, -0.25) is 0 Å². The highest BCUT2D eigenvalue weighted by Crippen LogP contribution is 2.52. The van der Waals surface area contributed by atoms with Crippen molar-refractivity contribution < 1.29 is 8.83 Å². The standard InChI is InChI=1S/C56H36N4O2/c1-56(60-47-26-10-7-21-39(47)45-32-36-17-5-6-18-37(36)33-48(45)60)46(30-29-43-41-23-9-12-28-50(41)62-52(43)56)55-58-53(38-20-13-19-35(31-38)34-15-3-2-4-16-34)57-54(59-55)44-25-14-24-42-40-22-8-11-27-49(40)61-51(42)44/h2-33,46H,1H3. The van der Waals surface area contributed by atoms with Gasteiger partial charge in [0.15, 0.2) is 11.6 Å². The normalized spacial score (nSPS) is 16.3. The third kappa shape index (κ3) is 5.07. The largest absolute Gasteiger partial charge is 0.458 e. The summed E-state index contributed by atoms with van der Waals surface area (Å²) in [6, 6.07) is 63.6. The number of fused-ring (bicyclic) bond motifs is 10. The molecule has 13 rings (SSSR count). The van der Waals surface area contributed by atoms with E-state index in [1.807, 2.05) is 30.3 Å². The highest BCUT2D eigenvalue weighted by atomic mass is 16.3. The van der Waals surface area contributed by atoms with Crippen LogP contribution < -0.4 is 0 Å². The van der Waals surface area contributed by atoms with E-state index >= 15 is 0 Å². The van der Waals surface area contributed by atoms with Gasteiger partial charge < -0.3 is 13.4 Å². The lowest BCUT2D eigenvalue weighted by atomic mass is 9.76. The molecule has 2 unspecified atom stereocenters. The second kappa shape index (κ2) is 13.2. The van der Waals surface area contributed by atoms with E-state index in [2.05, 4.69) is 175 Å². The Bertz CT molecular complexity index is 3800. The minimum Gasteiger partial charge on any atom is -0.458 e. The summed E-state index contributed by atoms with van der Waals surface area (Å²) in [7, 11) is 0. The van der Waals surface area contributed by atoms with Gasteiger partial charge in [0, 0.05) is 38.1 Å². The van der Waals surface area contributed by atoms with E-state index in [1.165, 1.54) is 21.5 Å². The van der Waals surface area contributed by atoms with Crippen LogP contribution in [0.3, 0.4) is 0 Å². The molecular weight excluding hydrogens is 761 g/mol. The van der Waals surface area contributed by atoms with Crippen molar-refractivity contribution in [2.45, 2.75) is 18.4 Å². The summed E-state index contributed by atoms with van der Waals surface area (Å²) >= 11 is 0. The predicted octanol–water partition coefficient (Wildman–Crippen LogP) is 14.4. The average Bonchev–Trinajstić information content (AvgIpc) is 4.01. The SMILES string of the molecule is CC1(n2c3ccccc3c3cc4ccccc4cc32)c2oc3ccccc3c2C=CC1c1nc(-c2cccc(-c3ccccc3)c2)nc(-c2cccc3c2oc2ccccc23)n1. The van der Waals surface area contributed by atoms with Crippen molar-refractivity contribution in [2.75, 3.05) is 0 Å². The monoisotopic (exact) mass is 796 g/mol. The van der Waals surface area contributed by atoms with Gasteiger partial charge in [0.2, 0.25) is 0 Å². The zero-order chi connectivity index (χ0) is 40.9. The van der Waals surface area contributed by atoms with Gasteiger partial charge in [-0.2, -0.15) is 0 Å². The van der Waals surface area contributed by atoms with Crippen LogP contribution in [0.4, 0.5) is 0 Å². The molecule has 0 saturated carbocycles. The summed E-state index contributed by atoms with van der Waals surface area (Å²) < 4.78 is 16.2. The number of furan rings is 2. The zero-order valence-corrected chi connectivity index (χ0v) is 33.7. The first-order valence-electron chi connectivity index (χ1n) is 21.1. The topological polar surface area (TPSA) is 69.9 Å². The second-order valence-corrected chi connectivity index (χ2v) is 16.5. The number of nitrogens with zero attached hydrogens (tertiary/aromatic N) is 4. The molecule has 6 heteroatoms. The number of benzene rings is 8. The maximum absolute atomic E-state index is 7.09. The van der Waals surface area contributed by atoms with Crippen LogP contribution in [-0.4, -0.2) is 19.5 Å². The Kier molecular flexibility index (Phi) is 7.40. The maximum Gasteiger partial charge on any atom is 0.167 e. The van der Waals surface area contributed by atoms with Crippen LogP contribution >= 0.6 is 0 Å². The molecule has 292 valence electrons. The van der Waals surface area contributed by atoms with Crippen molar-refractivity contribution in [2.24, 2.45) is 0 Å². The van der Waals surface area contributed by atoms with E-state index < -0.39 is 11.5 Å². The minimum atomic E-state index is -0.861. The van der Waals surface area contributed by atoms with Crippen LogP contribution in [0.5, 0.6) is 0 Å². The number of allylic oxidation sites excluding steroid dienone is 1. The lowest BCUT2D eigenvalue weighted by molar-refractivity contribution is 0.295. The van der Waals surface area contributed by atoms with Gasteiger partial charge in [0.05, 0.1) is 22.5 Å². The molecule has 0 N–H and O–H groups in total. The van der Waals surface area contributed by atoms with Gasteiger partial charge in [-0.1, -0.05) is 152 Å². The van der Waals surface area contributed by atoms with Gasteiger partial charge in [-0.15, -0.1) is 0 Å². The summed E-state index contributed by atoms with van der Waals surface area (Å²) in [5, 5.41) is 7.85. The second-order valence-electron chi connectivity index (χ2n) is 16.5. The van der Waals surface area contributed by atoms with Crippen LogP contribution in [0, 0.1) is 0 Å². The van der Waals surface area contributed by atoms with Gasteiger partial charge in [0.25, 0.3) is 0 Å². The molecule has 0 fully saturated rings. The average molecular weight is 797 g/mol. The Morgan fingerprint density at radius 3 is 1.98 bits per heavy atom. The van der Waals surface area contributed by atoms with Gasteiger partial charge >= 0.3 is 0 Å². The smallest absolute Gasteiger partial charge is 0.167 e. The Morgan fingerprint density at radius 2 is 1.13 bits per heavy atom. The fourth-order valence-corrected chi connectivity index (χ4v) is 10.0. The van der Waals surface area contributed by atoms with Gasteiger partial charge in [-0.05, 0) is 71.3 Å². The zero-order valence-electron chi connectivity index (χ0n) is 33.7. The molecule has 2 atom stereocenters. The fourth-order valence-electron chi connectivity index (χ4n) is 10.0. The number of para-hydroxylation sites is 4. The third-order valence-electron chi connectivity index (χ3n) is 13.0. The van der Waals surface area contributed by atoms with Crippen molar-refractivity contribution in [3.8, 4) is 33.9 Å². The maximum atomic E-state index is 7.09. The quantitative estimate of drug-likeness (QED) is 0.173. The summed E-state index contributed by atoms with van der Waals surface area (Å²) in [5.41, 5.74) is 8.70. The van der Waals surface area contributed by atoms with Crippen molar-refractivity contribution in [3.63, 3.8) is 0 Å². The third-order valence-corrected chi connectivity index (χ3v) is 13.0. The Labute approximate surface area is 356 Å². The lowest BCUT2D eigenvalue weighted by Crippen LogP contribution is -2.40. The van der Waals surface area contributed by atoms with E-state index in [1.54, 1.807) is 0 Å². The molecule has 8 aromatic carbocycles. The van der Waals surface area contributed by atoms with Crippen LogP contribution in [-0.2, 0) is 5.54 Å². The van der Waals surface area contributed by atoms with Crippen molar-refractivity contribution >= 4 is 71.6 Å². The van der Waals surface area contributed by atoms with Crippen LogP contribution in [0.25, 0.3) is 105 Å². The lowest BCUT2D eigenvalue weighted by Gasteiger charge is -2.39. The van der Waals surface area contributed by atoms with Gasteiger partial charge in [0.1, 0.15) is 33.9 Å². The first kappa shape index (κ1) is 34.7. The first-order valence-corrected chi connectivity index (χ1v) is 21.1. The summed E-state index contributed by atoms with van der Waals surface area (Å²) in [5.74, 6) is 2.19. The fraction of sp³-hybridized carbons (Fsp3) is 0.0536. The van der Waals surface area contributed by atoms with Crippen molar-refractivity contribution in [3.05, 3.63) is 205 Å². The highest BCUT2D eigenvalue weighted by Gasteiger charge is 2.48. The highest BCUT2D eigenvalue weighted by molar-refractivity contribution is 6.13. The molecule has 1 aliphatic carbocycles. The number of aromatic nitrogens is 4. The van der Waals surface area contributed by atoms with Crippen LogP contribution in [0.15, 0.2) is 197 Å². The molecule has 4 aromatic heterocycles. The summed E-state index contributed by atoms with van der Waals surface area (Å²) in [4.78, 5) is 16.3. The van der Waals surface area contributed by atoms with E-state index in [-0.39, 0.29) is 0 Å². The Morgan fingerprint density at radius 1 is 0.484 bits per heavy atom. The van der Waals surface area contributed by atoms with Crippen LogP contribution in [0.1, 0.15) is 30.0 Å². The molecule has 12 aromatic rings. The number of rotatable bonds is 5. The predicted molar refractivity (Wildman–Crippen MR) is 251 cm³/mol. The van der Waals surface area contributed by atoms with Crippen LogP contribution in [0.2, 0.25) is 0 Å². The van der Waals surface area contributed by atoms with E-state index in [4.69, 9.17) is 23.8 Å².